The Kier molecular flexibility index (Phi) is 7.64. The number of nitrogens with one attached hydrogen (secondary N) is 2. The summed E-state index contributed by atoms with van der Waals surface area (Å²) in [6, 6.07) is 8.39. The molecule has 2 rings (SSSR count). The topological polar surface area (TPSA) is 72.3 Å². The second-order valence-corrected chi connectivity index (χ2v) is 8.40. The molecule has 0 aromatic heterocycles. The predicted molar refractivity (Wildman–Crippen MR) is 98.7 cm³/mol. The van der Waals surface area contributed by atoms with Gasteiger partial charge in [-0.15, -0.1) is 0 Å². The Labute approximate surface area is 150 Å². The highest BCUT2D eigenvalue weighted by atomic mass is 32.2. The van der Waals surface area contributed by atoms with Gasteiger partial charge in [0, 0.05) is 32.5 Å². The Morgan fingerprint density at radius 2 is 1.88 bits per heavy atom. The average molecular weight is 373 g/mol. The van der Waals surface area contributed by atoms with E-state index in [0.29, 0.717) is 19.8 Å². The second kappa shape index (κ2) is 9.49. The molecule has 1 atom stereocenters. The average Bonchev–Trinajstić information content (AvgIpc) is 2.61. The maximum Gasteiger partial charge on any atom is 0.214 e. The molecule has 1 aliphatic heterocycles. The van der Waals surface area contributed by atoms with Crippen molar-refractivity contribution in [2.24, 2.45) is 0 Å². The molecule has 1 saturated heterocycles. The van der Waals surface area contributed by atoms with Gasteiger partial charge in [-0.2, -0.15) is 0 Å². The first kappa shape index (κ1) is 20.1. The molecule has 0 saturated carbocycles. The molecule has 0 spiro atoms. The van der Waals surface area contributed by atoms with Crippen LogP contribution in [0.3, 0.4) is 0 Å². The molecule has 0 radical (unpaired) electrons. The molecule has 0 bridgehead atoms. The molecule has 142 valence electrons. The smallest absolute Gasteiger partial charge is 0.214 e. The third kappa shape index (κ3) is 6.23. The van der Waals surface area contributed by atoms with Gasteiger partial charge in [0.15, 0.2) is 0 Å². The summed E-state index contributed by atoms with van der Waals surface area (Å²) in [7, 11) is 2.17. The molecule has 1 heterocycles. The molecular formula is C17H30N3O4S+. The highest BCUT2D eigenvalue weighted by Crippen LogP contribution is 2.16. The first-order valence-electron chi connectivity index (χ1n) is 8.59. The van der Waals surface area contributed by atoms with Gasteiger partial charge >= 0.3 is 0 Å². The number of benzene rings is 1. The molecule has 1 aromatic rings. The fourth-order valence-corrected chi connectivity index (χ4v) is 3.91. The summed E-state index contributed by atoms with van der Waals surface area (Å²) in [5, 5.41) is 0. The van der Waals surface area contributed by atoms with E-state index in [1.807, 2.05) is 19.0 Å². The third-order valence-electron chi connectivity index (χ3n) is 4.50. The first-order chi connectivity index (χ1) is 11.9. The molecule has 0 amide bonds. The maximum absolute atomic E-state index is 12.1. The molecule has 0 aliphatic carbocycles. The van der Waals surface area contributed by atoms with Gasteiger partial charge in [0.05, 0.1) is 32.1 Å². The van der Waals surface area contributed by atoms with E-state index in [4.69, 9.17) is 9.47 Å². The Morgan fingerprint density at radius 1 is 1.24 bits per heavy atom. The normalized spacial score (nSPS) is 17.4. The standard InChI is InChI=1S/C17H29N3O4S/c1-19(2)16-6-4-15(5-7-16)17(20-8-10-24-11-9-20)14-18-25(21,22)13-12-23-3/h4-7,17-18H,8-14H2,1-3H3/p+1/t17-/m1/s1. The maximum atomic E-state index is 12.1. The van der Waals surface area contributed by atoms with Gasteiger partial charge in [-0.05, 0) is 12.1 Å². The van der Waals surface area contributed by atoms with Crippen molar-refractivity contribution in [2.75, 3.05) is 71.3 Å². The first-order valence-corrected chi connectivity index (χ1v) is 10.2. The van der Waals surface area contributed by atoms with Gasteiger partial charge in [-0.25, -0.2) is 13.1 Å². The second-order valence-electron chi connectivity index (χ2n) is 6.47. The van der Waals surface area contributed by atoms with Crippen molar-refractivity contribution in [3.63, 3.8) is 0 Å². The van der Waals surface area contributed by atoms with E-state index in [9.17, 15) is 8.42 Å². The quantitative estimate of drug-likeness (QED) is 0.598. The van der Waals surface area contributed by atoms with E-state index in [0.717, 1.165) is 24.3 Å². The highest BCUT2D eigenvalue weighted by Gasteiger charge is 2.27. The Morgan fingerprint density at radius 3 is 2.44 bits per heavy atom. The van der Waals surface area contributed by atoms with Crippen LogP contribution in [-0.4, -0.2) is 74.8 Å². The zero-order valence-corrected chi connectivity index (χ0v) is 16.1. The fraction of sp³-hybridized carbons (Fsp3) is 0.647. The molecule has 1 aromatic carbocycles. The largest absolute Gasteiger partial charge is 0.384 e. The molecule has 7 nitrogen and oxygen atoms in total. The minimum atomic E-state index is -3.33. The van der Waals surface area contributed by atoms with Gasteiger partial charge in [0.25, 0.3) is 0 Å². The van der Waals surface area contributed by atoms with Crippen LogP contribution in [-0.2, 0) is 19.5 Å². The number of ether oxygens (including phenoxy) is 2. The molecule has 1 fully saturated rings. The number of rotatable bonds is 9. The van der Waals surface area contributed by atoms with Gasteiger partial charge < -0.3 is 19.3 Å². The summed E-state index contributed by atoms with van der Waals surface area (Å²) in [5.74, 6) is -0.0196. The van der Waals surface area contributed by atoms with Crippen LogP contribution in [0.25, 0.3) is 0 Å². The third-order valence-corrected chi connectivity index (χ3v) is 5.81. The van der Waals surface area contributed by atoms with Crippen LogP contribution in [0, 0.1) is 0 Å². The van der Waals surface area contributed by atoms with Crippen molar-refractivity contribution in [1.82, 2.24) is 4.72 Å². The number of hydrogen-bond donors (Lipinski definition) is 2. The van der Waals surface area contributed by atoms with Crippen molar-refractivity contribution in [3.8, 4) is 0 Å². The SMILES string of the molecule is COCCS(=O)(=O)NC[C@H](c1ccc(N(C)C)cc1)[NH+]1CCOCC1. The fourth-order valence-electron chi connectivity index (χ4n) is 2.96. The lowest BCUT2D eigenvalue weighted by molar-refractivity contribution is -0.937. The van der Waals surface area contributed by atoms with Crippen LogP contribution in [0.2, 0.25) is 0 Å². The molecule has 1 aliphatic rings. The lowest BCUT2D eigenvalue weighted by atomic mass is 10.0. The van der Waals surface area contributed by atoms with Crippen LogP contribution in [0.5, 0.6) is 0 Å². The van der Waals surface area contributed by atoms with Crippen LogP contribution in [0.4, 0.5) is 5.69 Å². The minimum absolute atomic E-state index is 0.0196. The van der Waals surface area contributed by atoms with Crippen molar-refractivity contribution in [3.05, 3.63) is 29.8 Å². The molecule has 25 heavy (non-hydrogen) atoms. The van der Waals surface area contributed by atoms with Crippen LogP contribution < -0.4 is 14.5 Å². The Balaban J connectivity index is 2.12. The summed E-state index contributed by atoms with van der Waals surface area (Å²) < 4.78 is 37.3. The van der Waals surface area contributed by atoms with Gasteiger partial charge in [0.1, 0.15) is 19.1 Å². The molecule has 8 heteroatoms. The summed E-state index contributed by atoms with van der Waals surface area (Å²) in [6.07, 6.45) is 0. The van der Waals surface area contributed by atoms with Gasteiger partial charge in [0.2, 0.25) is 10.0 Å². The van der Waals surface area contributed by atoms with Crippen molar-refractivity contribution < 1.29 is 22.8 Å². The van der Waals surface area contributed by atoms with E-state index in [-0.39, 0.29) is 18.4 Å². The number of hydrogen-bond acceptors (Lipinski definition) is 5. The highest BCUT2D eigenvalue weighted by molar-refractivity contribution is 7.89. The summed E-state index contributed by atoms with van der Waals surface area (Å²) >= 11 is 0. The summed E-state index contributed by atoms with van der Waals surface area (Å²) in [4.78, 5) is 3.40. The number of nitrogens with zero attached hydrogens (tertiary/aromatic N) is 1. The number of anilines is 1. The monoisotopic (exact) mass is 372 g/mol. The zero-order valence-electron chi connectivity index (χ0n) is 15.3. The Hall–Kier alpha value is -1.19. The van der Waals surface area contributed by atoms with Crippen molar-refractivity contribution in [1.29, 1.82) is 0 Å². The van der Waals surface area contributed by atoms with Crippen LogP contribution in [0.1, 0.15) is 11.6 Å². The van der Waals surface area contributed by atoms with E-state index in [1.54, 1.807) is 0 Å². The summed E-state index contributed by atoms with van der Waals surface area (Å²) in [5.41, 5.74) is 2.26. The van der Waals surface area contributed by atoms with Crippen molar-refractivity contribution >= 4 is 15.7 Å². The minimum Gasteiger partial charge on any atom is -0.384 e. The van der Waals surface area contributed by atoms with Crippen LogP contribution in [0.15, 0.2) is 24.3 Å². The predicted octanol–water partition coefficient (Wildman–Crippen LogP) is -0.725. The van der Waals surface area contributed by atoms with Crippen molar-refractivity contribution in [2.45, 2.75) is 6.04 Å². The number of methoxy groups -OCH3 is 1. The number of morpholine rings is 1. The molecule has 0 unspecified atom stereocenters. The van der Waals surface area contributed by atoms with E-state index in [2.05, 4.69) is 29.0 Å². The van der Waals surface area contributed by atoms with E-state index < -0.39 is 10.0 Å². The summed E-state index contributed by atoms with van der Waals surface area (Å²) in [6.45, 7) is 3.74. The lowest BCUT2D eigenvalue weighted by Gasteiger charge is -2.32. The van der Waals surface area contributed by atoms with Crippen LogP contribution >= 0.6 is 0 Å². The number of quaternary nitrogens is 1. The number of sulfonamides is 1. The molecule has 2 N–H and O–H groups in total. The molecular weight excluding hydrogens is 342 g/mol. The lowest BCUT2D eigenvalue weighted by Crippen LogP contribution is -3.15. The van der Waals surface area contributed by atoms with Gasteiger partial charge in [-0.1, -0.05) is 12.1 Å². The van der Waals surface area contributed by atoms with Gasteiger partial charge in [-0.3, -0.25) is 0 Å². The Bertz CT molecular complexity index is 613. The van der Waals surface area contributed by atoms with E-state index >= 15 is 0 Å². The van der Waals surface area contributed by atoms with E-state index in [1.165, 1.54) is 12.0 Å². The zero-order chi connectivity index (χ0) is 18.3.